The molecule has 0 spiro atoms. The van der Waals surface area contributed by atoms with E-state index in [1.54, 1.807) is 4.90 Å². The molecule has 0 saturated carbocycles. The van der Waals surface area contributed by atoms with E-state index in [0.29, 0.717) is 26.1 Å². The first kappa shape index (κ1) is 19.2. The summed E-state index contributed by atoms with van der Waals surface area (Å²) in [5.41, 5.74) is -0.486. The number of hydrogen-bond donors (Lipinski definition) is 1. The Kier molecular flexibility index (Phi) is 5.67. The highest BCUT2D eigenvalue weighted by Gasteiger charge is 2.30. The topological polar surface area (TPSA) is 63.1 Å². The summed E-state index contributed by atoms with van der Waals surface area (Å²) in [6.45, 7) is 4.97. The first-order valence-corrected chi connectivity index (χ1v) is 8.87. The maximum atomic E-state index is 13.9. The quantitative estimate of drug-likeness (QED) is 0.836. The van der Waals surface area contributed by atoms with Crippen LogP contribution in [0.4, 0.5) is 19.0 Å². The number of carbonyl (C=O) groups is 1. The van der Waals surface area contributed by atoms with Crippen LogP contribution in [0.2, 0.25) is 0 Å². The summed E-state index contributed by atoms with van der Waals surface area (Å²) in [6, 6.07) is 2.55. The van der Waals surface area contributed by atoms with Crippen molar-refractivity contribution in [1.82, 2.24) is 20.1 Å². The number of nitrogens with zero attached hydrogens (tertiary/aromatic N) is 4. The molecule has 3 rings (SSSR count). The van der Waals surface area contributed by atoms with E-state index < -0.39 is 18.1 Å². The number of carbonyl (C=O) groups excluding carboxylic acids is 1. The monoisotopic (exact) mass is 381 g/mol. The molecule has 1 unspecified atom stereocenters. The van der Waals surface area contributed by atoms with E-state index in [2.05, 4.69) is 15.4 Å². The second-order valence-electron chi connectivity index (χ2n) is 7.03. The van der Waals surface area contributed by atoms with E-state index in [0.717, 1.165) is 0 Å². The lowest BCUT2D eigenvalue weighted by atomic mass is 10.2. The molecule has 27 heavy (non-hydrogen) atoms. The van der Waals surface area contributed by atoms with E-state index in [1.165, 1.54) is 29.2 Å². The Morgan fingerprint density at radius 1 is 1.41 bits per heavy atom. The van der Waals surface area contributed by atoms with Crippen LogP contribution in [0, 0.1) is 11.7 Å². The van der Waals surface area contributed by atoms with Gasteiger partial charge in [-0.2, -0.15) is 5.10 Å². The van der Waals surface area contributed by atoms with Crippen LogP contribution >= 0.6 is 0 Å². The van der Waals surface area contributed by atoms with Gasteiger partial charge in [0.1, 0.15) is 5.69 Å². The van der Waals surface area contributed by atoms with Crippen LogP contribution in [0.25, 0.3) is 0 Å². The molecule has 2 aromatic rings. The Morgan fingerprint density at radius 3 is 2.85 bits per heavy atom. The molecule has 2 aromatic heterocycles. The molecule has 3 heterocycles. The summed E-state index contributed by atoms with van der Waals surface area (Å²) in [5, 5.41) is 6.71. The first-order valence-electron chi connectivity index (χ1n) is 8.87. The summed E-state index contributed by atoms with van der Waals surface area (Å²) in [6.07, 6.45) is 0.466. The third-order valence-electron chi connectivity index (χ3n) is 4.43. The van der Waals surface area contributed by atoms with E-state index in [9.17, 15) is 18.0 Å². The maximum absolute atomic E-state index is 13.9. The molecule has 1 amide bonds. The second kappa shape index (κ2) is 7.98. The van der Waals surface area contributed by atoms with Crippen LogP contribution in [0.3, 0.4) is 0 Å². The molecule has 0 aromatic carbocycles. The Balaban J connectivity index is 1.70. The van der Waals surface area contributed by atoms with Crippen molar-refractivity contribution in [1.29, 1.82) is 0 Å². The fraction of sp³-hybridized carbons (Fsp3) is 0.500. The molecule has 0 bridgehead atoms. The van der Waals surface area contributed by atoms with Crippen molar-refractivity contribution in [2.45, 2.75) is 39.3 Å². The van der Waals surface area contributed by atoms with Gasteiger partial charge in [-0.25, -0.2) is 18.2 Å². The number of alkyl halides is 2. The highest BCUT2D eigenvalue weighted by atomic mass is 19.3. The van der Waals surface area contributed by atoms with Crippen molar-refractivity contribution in [3.63, 3.8) is 0 Å². The molecule has 1 fully saturated rings. The fourth-order valence-electron chi connectivity index (χ4n) is 3.23. The van der Waals surface area contributed by atoms with Crippen LogP contribution in [-0.2, 0) is 6.54 Å². The predicted molar refractivity (Wildman–Crippen MR) is 94.3 cm³/mol. The van der Waals surface area contributed by atoms with Gasteiger partial charge in [0.25, 0.3) is 12.3 Å². The summed E-state index contributed by atoms with van der Waals surface area (Å²) in [7, 11) is 0. The van der Waals surface area contributed by atoms with Gasteiger partial charge < -0.3 is 10.2 Å². The maximum Gasteiger partial charge on any atom is 0.280 e. The van der Waals surface area contributed by atoms with Crippen molar-refractivity contribution < 1.29 is 18.0 Å². The molecule has 1 aliphatic heterocycles. The Labute approximate surface area is 155 Å². The third kappa shape index (κ3) is 4.23. The van der Waals surface area contributed by atoms with Crippen LogP contribution < -0.4 is 10.2 Å². The number of anilines is 1. The van der Waals surface area contributed by atoms with Gasteiger partial charge in [-0.15, -0.1) is 0 Å². The van der Waals surface area contributed by atoms with Crippen LogP contribution in [0.15, 0.2) is 24.5 Å². The molecule has 0 aliphatic carbocycles. The minimum atomic E-state index is -2.80. The molecule has 1 aliphatic rings. The van der Waals surface area contributed by atoms with Gasteiger partial charge in [-0.1, -0.05) is 13.8 Å². The average molecular weight is 381 g/mol. The van der Waals surface area contributed by atoms with E-state index in [-0.39, 0.29) is 29.0 Å². The van der Waals surface area contributed by atoms with Crippen molar-refractivity contribution in [2.75, 3.05) is 18.0 Å². The van der Waals surface area contributed by atoms with Crippen molar-refractivity contribution in [2.24, 2.45) is 5.92 Å². The molecule has 9 heteroatoms. The summed E-state index contributed by atoms with van der Waals surface area (Å²) in [4.78, 5) is 18.3. The Hall–Kier alpha value is -2.58. The highest BCUT2D eigenvalue weighted by molar-refractivity contribution is 5.95. The number of halogens is 3. The Bertz CT molecular complexity index is 808. The number of hydrogen-bond acceptors (Lipinski definition) is 4. The van der Waals surface area contributed by atoms with Crippen molar-refractivity contribution in [3.8, 4) is 0 Å². The smallest absolute Gasteiger partial charge is 0.280 e. The zero-order chi connectivity index (χ0) is 19.6. The number of aromatic nitrogens is 3. The van der Waals surface area contributed by atoms with Gasteiger partial charge in [-0.3, -0.25) is 9.48 Å². The standard InChI is InChI=1S/C18H22F3N5O/c1-11(2)9-26-15(16(20)21)13(8-23-26)18(27)24-12-5-7-25(10-12)17-14(19)4-3-6-22-17/h3-4,6,8,11-12,16H,5,7,9-10H2,1-2H3,(H,24,27). The molecular weight excluding hydrogens is 359 g/mol. The summed E-state index contributed by atoms with van der Waals surface area (Å²) in [5.74, 6) is -0.671. The van der Waals surface area contributed by atoms with Crippen LogP contribution in [0.5, 0.6) is 0 Å². The normalized spacial score (nSPS) is 17.1. The molecule has 0 radical (unpaired) electrons. The van der Waals surface area contributed by atoms with Crippen LogP contribution in [-0.4, -0.2) is 39.8 Å². The minimum absolute atomic E-state index is 0.117. The lowest BCUT2D eigenvalue weighted by Crippen LogP contribution is -2.37. The Morgan fingerprint density at radius 2 is 2.19 bits per heavy atom. The van der Waals surface area contributed by atoms with Gasteiger partial charge in [-0.05, 0) is 24.5 Å². The number of amides is 1. The zero-order valence-corrected chi connectivity index (χ0v) is 15.2. The van der Waals surface area contributed by atoms with E-state index in [1.807, 2.05) is 13.8 Å². The lowest BCUT2D eigenvalue weighted by molar-refractivity contribution is 0.0922. The molecule has 1 saturated heterocycles. The zero-order valence-electron chi connectivity index (χ0n) is 15.2. The van der Waals surface area contributed by atoms with Gasteiger partial charge in [0.15, 0.2) is 11.6 Å². The van der Waals surface area contributed by atoms with Gasteiger partial charge >= 0.3 is 0 Å². The van der Waals surface area contributed by atoms with Gasteiger partial charge in [0, 0.05) is 31.9 Å². The molecular formula is C18H22F3N5O. The summed E-state index contributed by atoms with van der Waals surface area (Å²) < 4.78 is 42.0. The second-order valence-corrected chi connectivity index (χ2v) is 7.03. The largest absolute Gasteiger partial charge is 0.352 e. The van der Waals surface area contributed by atoms with Gasteiger partial charge in [0.2, 0.25) is 0 Å². The van der Waals surface area contributed by atoms with E-state index >= 15 is 0 Å². The molecule has 146 valence electrons. The van der Waals surface area contributed by atoms with Gasteiger partial charge in [0.05, 0.1) is 11.8 Å². The van der Waals surface area contributed by atoms with Crippen molar-refractivity contribution >= 4 is 11.7 Å². The molecule has 1 N–H and O–H groups in total. The number of rotatable bonds is 6. The van der Waals surface area contributed by atoms with Crippen LogP contribution in [0.1, 0.15) is 42.7 Å². The molecule has 1 atom stereocenters. The summed E-state index contributed by atoms with van der Waals surface area (Å²) >= 11 is 0. The number of pyridine rings is 1. The third-order valence-corrected chi connectivity index (χ3v) is 4.43. The lowest BCUT2D eigenvalue weighted by Gasteiger charge is -2.18. The van der Waals surface area contributed by atoms with Crippen molar-refractivity contribution in [3.05, 3.63) is 41.6 Å². The predicted octanol–water partition coefficient (Wildman–Crippen LogP) is 3.02. The first-order chi connectivity index (χ1) is 12.9. The van der Waals surface area contributed by atoms with E-state index in [4.69, 9.17) is 0 Å². The highest BCUT2D eigenvalue weighted by Crippen LogP contribution is 2.25. The number of nitrogens with one attached hydrogen (secondary N) is 1. The molecule has 6 nitrogen and oxygen atoms in total. The SMILES string of the molecule is CC(C)Cn1ncc(C(=O)NC2CCN(c3ncccc3F)C2)c1C(F)F. The fourth-order valence-corrected chi connectivity index (χ4v) is 3.23. The average Bonchev–Trinajstić information content (AvgIpc) is 3.21. The minimum Gasteiger partial charge on any atom is -0.352 e.